The van der Waals surface area contributed by atoms with Gasteiger partial charge in [0.1, 0.15) is 5.01 Å². The van der Waals surface area contributed by atoms with Crippen LogP contribution in [-0.2, 0) is 6.54 Å². The van der Waals surface area contributed by atoms with E-state index in [2.05, 4.69) is 20.5 Å². The number of nitrogens with one attached hydrogen (secondary N) is 1. The summed E-state index contributed by atoms with van der Waals surface area (Å²) < 4.78 is 0. The highest BCUT2D eigenvalue weighted by Gasteiger charge is 2.33. The Labute approximate surface area is 112 Å². The van der Waals surface area contributed by atoms with E-state index in [4.69, 9.17) is 5.84 Å². The fraction of sp³-hybridized carbons (Fsp3) is 0.833. The molecule has 0 radical (unpaired) electrons. The van der Waals surface area contributed by atoms with Gasteiger partial charge in [0, 0.05) is 6.04 Å². The van der Waals surface area contributed by atoms with Gasteiger partial charge in [0.25, 0.3) is 0 Å². The first-order valence-electron chi connectivity index (χ1n) is 6.90. The number of hydrogen-bond acceptors (Lipinski definition) is 6. The van der Waals surface area contributed by atoms with Gasteiger partial charge in [-0.15, -0.1) is 10.2 Å². The molecule has 3 rings (SSSR count). The van der Waals surface area contributed by atoms with Crippen molar-refractivity contribution < 1.29 is 0 Å². The van der Waals surface area contributed by atoms with Gasteiger partial charge < -0.3 is 0 Å². The minimum atomic E-state index is 0.710. The second-order valence-electron chi connectivity index (χ2n) is 5.37. The second-order valence-corrected chi connectivity index (χ2v) is 6.43. The molecule has 1 saturated carbocycles. The Morgan fingerprint density at radius 3 is 2.78 bits per heavy atom. The van der Waals surface area contributed by atoms with E-state index in [-0.39, 0.29) is 0 Å². The molecular formula is C12H21N5S. The first kappa shape index (κ1) is 12.3. The average molecular weight is 267 g/mol. The summed E-state index contributed by atoms with van der Waals surface area (Å²) in [6.07, 6.45) is 8.40. The van der Waals surface area contributed by atoms with Crippen LogP contribution in [0.2, 0.25) is 0 Å². The molecule has 2 aliphatic rings. The first-order chi connectivity index (χ1) is 8.86. The van der Waals surface area contributed by atoms with E-state index in [0.717, 1.165) is 23.5 Å². The summed E-state index contributed by atoms with van der Waals surface area (Å²) >= 11 is 1.56. The van der Waals surface area contributed by atoms with Crippen LogP contribution in [0, 0.1) is 5.92 Å². The molecule has 3 N–H and O–H groups in total. The fourth-order valence-corrected chi connectivity index (χ4v) is 4.15. The molecule has 1 aromatic rings. The molecule has 0 spiro atoms. The molecule has 2 fully saturated rings. The molecular weight excluding hydrogens is 246 g/mol. The van der Waals surface area contributed by atoms with Crippen LogP contribution < -0.4 is 11.3 Å². The number of nitrogens with zero attached hydrogens (tertiary/aromatic N) is 3. The largest absolute Gasteiger partial charge is 0.298 e. The minimum absolute atomic E-state index is 0.710. The third kappa shape index (κ3) is 2.50. The maximum atomic E-state index is 5.34. The van der Waals surface area contributed by atoms with Gasteiger partial charge in [-0.1, -0.05) is 24.2 Å². The highest BCUT2D eigenvalue weighted by molar-refractivity contribution is 7.15. The molecule has 1 unspecified atom stereocenters. The quantitative estimate of drug-likeness (QED) is 0.645. The minimum Gasteiger partial charge on any atom is -0.298 e. The number of anilines is 1. The van der Waals surface area contributed by atoms with E-state index < -0.39 is 0 Å². The lowest BCUT2D eigenvalue weighted by Gasteiger charge is -2.28. The molecule has 0 amide bonds. The molecule has 6 heteroatoms. The van der Waals surface area contributed by atoms with Gasteiger partial charge in [0.05, 0.1) is 6.54 Å². The number of nitrogen functional groups attached to an aromatic ring is 1. The molecule has 1 atom stereocenters. The standard InChI is InChI=1S/C12H21N5S/c13-14-12-16-15-11(18-12)8-17-7-3-6-10(17)9-4-1-2-5-9/h9-10H,1-8,13H2,(H,14,16). The van der Waals surface area contributed by atoms with Crippen molar-refractivity contribution in [2.75, 3.05) is 12.0 Å². The van der Waals surface area contributed by atoms with E-state index in [1.807, 2.05) is 0 Å². The zero-order chi connectivity index (χ0) is 12.4. The monoisotopic (exact) mass is 267 g/mol. The highest BCUT2D eigenvalue weighted by Crippen LogP contribution is 2.36. The van der Waals surface area contributed by atoms with Crippen LogP contribution in [0.5, 0.6) is 0 Å². The SMILES string of the molecule is NNc1nnc(CN2CCCC2C2CCCC2)s1. The molecule has 0 bridgehead atoms. The predicted molar refractivity (Wildman–Crippen MR) is 73.1 cm³/mol. The molecule has 0 aromatic carbocycles. The van der Waals surface area contributed by atoms with Gasteiger partial charge >= 0.3 is 0 Å². The predicted octanol–water partition coefficient (Wildman–Crippen LogP) is 1.98. The number of likely N-dealkylation sites (tertiary alicyclic amines) is 1. The Morgan fingerprint density at radius 1 is 1.22 bits per heavy atom. The van der Waals surface area contributed by atoms with Gasteiger partial charge in [0.15, 0.2) is 0 Å². The van der Waals surface area contributed by atoms with Crippen molar-refractivity contribution in [3.63, 3.8) is 0 Å². The van der Waals surface area contributed by atoms with Crippen molar-refractivity contribution in [3.05, 3.63) is 5.01 Å². The summed E-state index contributed by atoms with van der Waals surface area (Å²) in [7, 11) is 0. The Morgan fingerprint density at radius 2 is 2.06 bits per heavy atom. The Bertz CT molecular complexity index is 388. The maximum Gasteiger partial charge on any atom is 0.219 e. The Balaban J connectivity index is 1.63. The lowest BCUT2D eigenvalue weighted by atomic mass is 9.96. The van der Waals surface area contributed by atoms with Gasteiger partial charge in [-0.25, -0.2) is 5.84 Å². The van der Waals surface area contributed by atoms with Gasteiger partial charge in [-0.2, -0.15) is 0 Å². The van der Waals surface area contributed by atoms with E-state index >= 15 is 0 Å². The summed E-state index contributed by atoms with van der Waals surface area (Å²) in [5.74, 6) is 6.27. The molecule has 1 aliphatic heterocycles. The smallest absolute Gasteiger partial charge is 0.219 e. The molecule has 2 heterocycles. The Hall–Kier alpha value is -0.720. The maximum absolute atomic E-state index is 5.34. The van der Waals surface area contributed by atoms with E-state index in [1.165, 1.54) is 45.1 Å². The molecule has 18 heavy (non-hydrogen) atoms. The lowest BCUT2D eigenvalue weighted by Crippen LogP contribution is -2.34. The average Bonchev–Trinajstić information content (AvgIpc) is 3.09. The van der Waals surface area contributed by atoms with Crippen LogP contribution in [-0.4, -0.2) is 27.7 Å². The number of hydrogen-bond donors (Lipinski definition) is 2. The van der Waals surface area contributed by atoms with Crippen LogP contribution in [0.4, 0.5) is 5.13 Å². The number of aromatic nitrogens is 2. The van der Waals surface area contributed by atoms with Gasteiger partial charge in [0.2, 0.25) is 5.13 Å². The van der Waals surface area contributed by atoms with Crippen molar-refractivity contribution in [1.29, 1.82) is 0 Å². The summed E-state index contributed by atoms with van der Waals surface area (Å²) in [6, 6.07) is 0.783. The fourth-order valence-electron chi connectivity index (χ4n) is 3.47. The van der Waals surface area contributed by atoms with Crippen molar-refractivity contribution >= 4 is 16.5 Å². The van der Waals surface area contributed by atoms with Gasteiger partial charge in [-0.3, -0.25) is 10.3 Å². The third-order valence-corrected chi connectivity index (χ3v) is 5.13. The zero-order valence-corrected chi connectivity index (χ0v) is 11.5. The summed E-state index contributed by atoms with van der Waals surface area (Å²) in [5, 5.41) is 9.99. The molecule has 100 valence electrons. The summed E-state index contributed by atoms with van der Waals surface area (Å²) in [6.45, 7) is 2.16. The van der Waals surface area contributed by atoms with Crippen molar-refractivity contribution in [1.82, 2.24) is 15.1 Å². The zero-order valence-electron chi connectivity index (χ0n) is 10.6. The number of hydrazine groups is 1. The van der Waals surface area contributed by atoms with E-state index in [1.54, 1.807) is 11.3 Å². The number of nitrogens with two attached hydrogens (primary N) is 1. The van der Waals surface area contributed by atoms with Crippen LogP contribution in [0.3, 0.4) is 0 Å². The van der Waals surface area contributed by atoms with Gasteiger partial charge in [-0.05, 0) is 38.1 Å². The van der Waals surface area contributed by atoms with Crippen LogP contribution in [0.1, 0.15) is 43.5 Å². The van der Waals surface area contributed by atoms with E-state index in [9.17, 15) is 0 Å². The van der Waals surface area contributed by atoms with Crippen LogP contribution >= 0.6 is 11.3 Å². The summed E-state index contributed by atoms with van der Waals surface area (Å²) in [5.41, 5.74) is 2.56. The number of rotatable bonds is 4. The normalized spacial score (nSPS) is 25.9. The topological polar surface area (TPSA) is 67.1 Å². The molecule has 5 nitrogen and oxygen atoms in total. The first-order valence-corrected chi connectivity index (χ1v) is 7.71. The molecule has 1 aromatic heterocycles. The third-order valence-electron chi connectivity index (χ3n) is 4.29. The lowest BCUT2D eigenvalue weighted by molar-refractivity contribution is 0.182. The molecule has 1 saturated heterocycles. The van der Waals surface area contributed by atoms with Crippen molar-refractivity contribution in [2.45, 2.75) is 51.1 Å². The summed E-state index contributed by atoms with van der Waals surface area (Å²) in [4.78, 5) is 2.61. The highest BCUT2D eigenvalue weighted by atomic mass is 32.1. The van der Waals surface area contributed by atoms with E-state index in [0.29, 0.717) is 5.13 Å². The second kappa shape index (κ2) is 5.50. The Kier molecular flexibility index (Phi) is 3.77. The molecule has 1 aliphatic carbocycles. The van der Waals surface area contributed by atoms with Crippen LogP contribution in [0.25, 0.3) is 0 Å². The van der Waals surface area contributed by atoms with Crippen molar-refractivity contribution in [2.24, 2.45) is 11.8 Å². The van der Waals surface area contributed by atoms with Crippen molar-refractivity contribution in [3.8, 4) is 0 Å². The van der Waals surface area contributed by atoms with Crippen LogP contribution in [0.15, 0.2) is 0 Å².